The molecule has 9 nitrogen and oxygen atoms in total. The minimum absolute atomic E-state index is 0.0162. The summed E-state index contributed by atoms with van der Waals surface area (Å²) in [4.78, 5) is 15.1. The predicted octanol–water partition coefficient (Wildman–Crippen LogP) is 5.15. The quantitative estimate of drug-likeness (QED) is 0.279. The van der Waals surface area contributed by atoms with Crippen molar-refractivity contribution in [2.75, 3.05) is 23.9 Å². The molecule has 1 atom stereocenters. The van der Waals surface area contributed by atoms with Crippen molar-refractivity contribution in [2.45, 2.75) is 76.4 Å². The standard InChI is InChI=1S/C31H36F3N7O2/c1-30(6-4-7-30)37-17-21-13-25-26(27(14-21)31(32,33)34)18-41(29(25)42)23-11-20(10-22(15-23)36-9-5-8-35)12-24(43-3)16-28-39-38-19-40(28)2/h10-11,13-15,19,24,36-37H,4-7,9,12,16-18H2,1-3H3/t24-/m1/s1. The number of benzene rings is 2. The molecule has 2 heterocycles. The van der Waals surface area contributed by atoms with Crippen LogP contribution in [0, 0.1) is 11.3 Å². The van der Waals surface area contributed by atoms with Gasteiger partial charge in [0.15, 0.2) is 0 Å². The van der Waals surface area contributed by atoms with Gasteiger partial charge in [-0.2, -0.15) is 18.4 Å². The van der Waals surface area contributed by atoms with Crippen molar-refractivity contribution < 1.29 is 22.7 Å². The average Bonchev–Trinajstić information content (AvgIpc) is 3.51. The molecule has 228 valence electrons. The van der Waals surface area contributed by atoms with Gasteiger partial charge >= 0.3 is 6.18 Å². The van der Waals surface area contributed by atoms with Gasteiger partial charge in [0.1, 0.15) is 12.2 Å². The van der Waals surface area contributed by atoms with Gasteiger partial charge in [0.05, 0.1) is 30.7 Å². The largest absolute Gasteiger partial charge is 0.416 e. The van der Waals surface area contributed by atoms with Crippen LogP contribution in [-0.2, 0) is 43.9 Å². The Bertz CT molecular complexity index is 1520. The summed E-state index contributed by atoms with van der Waals surface area (Å²) in [6.07, 6.45) is 1.00. The van der Waals surface area contributed by atoms with Gasteiger partial charge in [-0.25, -0.2) is 0 Å². The van der Waals surface area contributed by atoms with Crippen molar-refractivity contribution in [3.8, 4) is 6.07 Å². The van der Waals surface area contributed by atoms with E-state index >= 15 is 0 Å². The van der Waals surface area contributed by atoms with Gasteiger partial charge in [-0.3, -0.25) is 4.79 Å². The molecule has 0 radical (unpaired) electrons. The van der Waals surface area contributed by atoms with E-state index in [1.807, 2.05) is 23.7 Å². The molecule has 3 aromatic rings. The highest BCUT2D eigenvalue weighted by atomic mass is 19.4. The van der Waals surface area contributed by atoms with Crippen LogP contribution in [0.5, 0.6) is 0 Å². The Morgan fingerprint density at radius 3 is 2.58 bits per heavy atom. The Morgan fingerprint density at radius 1 is 1.16 bits per heavy atom. The third-order valence-corrected chi connectivity index (χ3v) is 8.45. The number of aromatic nitrogens is 3. The smallest absolute Gasteiger partial charge is 0.384 e. The zero-order valence-electron chi connectivity index (χ0n) is 24.6. The van der Waals surface area contributed by atoms with Crippen LogP contribution in [0.25, 0.3) is 0 Å². The van der Waals surface area contributed by atoms with Crippen LogP contribution in [-0.4, -0.2) is 46.0 Å². The number of aryl methyl sites for hydroxylation is 1. The topological polar surface area (TPSA) is 108 Å². The normalized spacial score (nSPS) is 16.5. The van der Waals surface area contributed by atoms with Crippen molar-refractivity contribution in [1.82, 2.24) is 20.1 Å². The third kappa shape index (κ3) is 6.84. The van der Waals surface area contributed by atoms with Crippen molar-refractivity contribution in [1.29, 1.82) is 5.26 Å². The van der Waals surface area contributed by atoms with Crippen molar-refractivity contribution in [3.05, 3.63) is 70.3 Å². The highest BCUT2D eigenvalue weighted by Gasteiger charge is 2.41. The second-order valence-corrected chi connectivity index (χ2v) is 11.7. The molecule has 2 aliphatic rings. The lowest BCUT2D eigenvalue weighted by molar-refractivity contribution is -0.138. The van der Waals surface area contributed by atoms with Crippen LogP contribution in [0.1, 0.15) is 71.0 Å². The van der Waals surface area contributed by atoms with E-state index in [9.17, 15) is 18.0 Å². The monoisotopic (exact) mass is 595 g/mol. The number of fused-ring (bicyclic) bond motifs is 1. The number of hydrogen-bond donors (Lipinski definition) is 2. The molecule has 2 aromatic carbocycles. The van der Waals surface area contributed by atoms with E-state index in [4.69, 9.17) is 10.00 Å². The Kier molecular flexibility index (Phi) is 8.76. The van der Waals surface area contributed by atoms with Gasteiger partial charge in [0, 0.05) is 56.1 Å². The van der Waals surface area contributed by atoms with Crippen LogP contribution in [0.15, 0.2) is 36.7 Å². The lowest BCUT2D eigenvalue weighted by Gasteiger charge is -2.39. The van der Waals surface area contributed by atoms with Crippen LogP contribution in [0.4, 0.5) is 24.5 Å². The van der Waals surface area contributed by atoms with Gasteiger partial charge in [0.2, 0.25) is 0 Å². The summed E-state index contributed by atoms with van der Waals surface area (Å²) in [5.41, 5.74) is 1.59. The molecule has 1 saturated carbocycles. The number of amides is 1. The number of anilines is 2. The van der Waals surface area contributed by atoms with E-state index < -0.39 is 17.6 Å². The van der Waals surface area contributed by atoms with Crippen molar-refractivity contribution >= 4 is 17.3 Å². The van der Waals surface area contributed by atoms with E-state index in [0.717, 1.165) is 30.7 Å². The maximum absolute atomic E-state index is 14.3. The van der Waals surface area contributed by atoms with E-state index in [1.165, 1.54) is 11.0 Å². The highest BCUT2D eigenvalue weighted by molar-refractivity contribution is 6.10. The zero-order valence-corrected chi connectivity index (χ0v) is 24.6. The summed E-state index contributed by atoms with van der Waals surface area (Å²) in [7, 11) is 3.45. The molecule has 1 amide bonds. The lowest BCUT2D eigenvalue weighted by Crippen LogP contribution is -2.47. The lowest BCUT2D eigenvalue weighted by atomic mass is 9.78. The number of carbonyl (C=O) groups is 1. The molecule has 0 bridgehead atoms. The van der Waals surface area contributed by atoms with Gasteiger partial charge < -0.3 is 24.8 Å². The first-order valence-corrected chi connectivity index (χ1v) is 14.4. The van der Waals surface area contributed by atoms with Crippen molar-refractivity contribution in [3.63, 3.8) is 0 Å². The minimum atomic E-state index is -4.60. The summed E-state index contributed by atoms with van der Waals surface area (Å²) in [6.45, 7) is 2.51. The maximum atomic E-state index is 14.3. The summed E-state index contributed by atoms with van der Waals surface area (Å²) in [6, 6.07) is 10.3. The zero-order chi connectivity index (χ0) is 30.8. The number of nitrogens with zero attached hydrogens (tertiary/aromatic N) is 5. The first-order chi connectivity index (χ1) is 20.5. The van der Waals surface area contributed by atoms with Crippen LogP contribution in [0.2, 0.25) is 0 Å². The van der Waals surface area contributed by atoms with E-state index in [0.29, 0.717) is 36.3 Å². The maximum Gasteiger partial charge on any atom is 0.416 e. The second kappa shape index (κ2) is 12.3. The highest BCUT2D eigenvalue weighted by Crippen LogP contribution is 2.40. The molecule has 1 aliphatic heterocycles. The van der Waals surface area contributed by atoms with Crippen LogP contribution in [0.3, 0.4) is 0 Å². The summed E-state index contributed by atoms with van der Waals surface area (Å²) < 4.78 is 50.4. The number of halogens is 3. The van der Waals surface area contributed by atoms with Gasteiger partial charge in [-0.15, -0.1) is 10.2 Å². The fourth-order valence-corrected chi connectivity index (χ4v) is 5.74. The molecule has 0 spiro atoms. The number of methoxy groups -OCH3 is 1. The first kappa shape index (κ1) is 30.5. The molecule has 0 unspecified atom stereocenters. The van der Waals surface area contributed by atoms with Crippen LogP contribution < -0.4 is 15.5 Å². The first-order valence-electron chi connectivity index (χ1n) is 14.4. The van der Waals surface area contributed by atoms with Crippen molar-refractivity contribution in [2.24, 2.45) is 7.05 Å². The number of nitrogens with one attached hydrogen (secondary N) is 2. The summed E-state index contributed by atoms with van der Waals surface area (Å²) in [5.74, 6) is 0.275. The Balaban J connectivity index is 1.45. The Hall–Kier alpha value is -3.95. The average molecular weight is 596 g/mol. The number of nitriles is 1. The number of carbonyl (C=O) groups excluding carboxylic acids is 1. The Labute approximate surface area is 249 Å². The molecule has 0 saturated heterocycles. The molecule has 12 heteroatoms. The summed E-state index contributed by atoms with van der Waals surface area (Å²) >= 11 is 0. The summed E-state index contributed by atoms with van der Waals surface area (Å²) in [5, 5.41) is 23.6. The SMILES string of the molecule is CO[C@H](Cc1cc(NCCC#N)cc(N2Cc3c(cc(CNC4(C)CCC4)cc3C(F)(F)F)C2=O)c1)Cc1nncn1C. The molecule has 1 aliphatic carbocycles. The molecule has 5 rings (SSSR count). The molecule has 1 fully saturated rings. The number of rotatable bonds is 12. The molecule has 2 N–H and O–H groups in total. The van der Waals surface area contributed by atoms with E-state index in [2.05, 4.69) is 33.8 Å². The van der Waals surface area contributed by atoms with E-state index in [-0.39, 0.29) is 42.3 Å². The molecule has 1 aromatic heterocycles. The number of hydrogen-bond acceptors (Lipinski definition) is 7. The number of alkyl halides is 3. The van der Waals surface area contributed by atoms with E-state index in [1.54, 1.807) is 25.6 Å². The van der Waals surface area contributed by atoms with Gasteiger partial charge in [0.25, 0.3) is 5.91 Å². The fraction of sp³-hybridized carbons (Fsp3) is 0.484. The third-order valence-electron chi connectivity index (χ3n) is 8.45. The second-order valence-electron chi connectivity index (χ2n) is 11.7. The fourth-order valence-electron chi connectivity index (χ4n) is 5.74. The molecular weight excluding hydrogens is 559 g/mol. The van der Waals surface area contributed by atoms with Gasteiger partial charge in [-0.05, 0) is 79.6 Å². The molecule has 43 heavy (non-hydrogen) atoms. The van der Waals surface area contributed by atoms with Crippen LogP contribution >= 0.6 is 0 Å². The van der Waals surface area contributed by atoms with Gasteiger partial charge in [-0.1, -0.05) is 0 Å². The Morgan fingerprint density at radius 2 is 1.95 bits per heavy atom. The number of ether oxygens (including phenoxy) is 1. The molecular formula is C31H36F3N7O2. The minimum Gasteiger partial charge on any atom is -0.384 e. The predicted molar refractivity (Wildman–Crippen MR) is 155 cm³/mol.